The van der Waals surface area contributed by atoms with Gasteiger partial charge in [0.2, 0.25) is 0 Å². The zero-order valence-electron chi connectivity index (χ0n) is 15.4. The highest BCUT2D eigenvalue weighted by Crippen LogP contribution is 2.59. The van der Waals surface area contributed by atoms with Crippen molar-refractivity contribution in [1.82, 2.24) is 5.32 Å². The molecule has 2 aliphatic heterocycles. The van der Waals surface area contributed by atoms with E-state index in [1.54, 1.807) is 21.3 Å². The number of anilines is 1. The molecule has 136 valence electrons. The Bertz CT molecular complexity index is 882. The first-order chi connectivity index (χ1) is 12.7. The number of fused-ring (bicyclic) bond motifs is 3. The quantitative estimate of drug-likeness (QED) is 0.889. The Kier molecular flexibility index (Phi) is 3.38. The van der Waals surface area contributed by atoms with Crippen LogP contribution in [0.25, 0.3) is 0 Å². The van der Waals surface area contributed by atoms with Crippen molar-refractivity contribution in [3.8, 4) is 17.2 Å². The summed E-state index contributed by atoms with van der Waals surface area (Å²) in [6.07, 6.45) is 2.10. The Hall–Kier alpha value is -2.40. The number of hydrogen-bond donors (Lipinski definition) is 2. The molecule has 0 saturated carbocycles. The van der Waals surface area contributed by atoms with E-state index in [1.165, 1.54) is 22.4 Å². The lowest BCUT2D eigenvalue weighted by atomic mass is 9.63. The minimum absolute atomic E-state index is 0.0521. The summed E-state index contributed by atoms with van der Waals surface area (Å²) in [5, 5.41) is 7.56. The van der Waals surface area contributed by atoms with Gasteiger partial charge in [-0.15, -0.1) is 0 Å². The molecule has 1 fully saturated rings. The van der Waals surface area contributed by atoms with Gasteiger partial charge in [-0.1, -0.05) is 0 Å². The van der Waals surface area contributed by atoms with Crippen molar-refractivity contribution in [2.75, 3.05) is 33.2 Å². The highest BCUT2D eigenvalue weighted by Gasteiger charge is 2.57. The topological polar surface area (TPSA) is 51.8 Å². The van der Waals surface area contributed by atoms with Crippen LogP contribution < -0.4 is 24.8 Å². The summed E-state index contributed by atoms with van der Waals surface area (Å²) in [6.45, 7) is 1.03. The van der Waals surface area contributed by atoms with Gasteiger partial charge in [0.15, 0.2) is 11.5 Å². The second-order valence-corrected chi connectivity index (χ2v) is 7.40. The largest absolute Gasteiger partial charge is 0.497 e. The Morgan fingerprint density at radius 3 is 2.58 bits per heavy atom. The molecule has 3 aliphatic rings. The summed E-state index contributed by atoms with van der Waals surface area (Å²) in [5.41, 5.74) is 5.29. The Balaban J connectivity index is 1.71. The van der Waals surface area contributed by atoms with Gasteiger partial charge in [0.25, 0.3) is 0 Å². The fourth-order valence-electron chi connectivity index (χ4n) is 5.29. The van der Waals surface area contributed by atoms with E-state index in [1.807, 2.05) is 6.07 Å². The molecule has 2 aromatic carbocycles. The van der Waals surface area contributed by atoms with Crippen LogP contribution in [0.1, 0.15) is 29.2 Å². The fraction of sp³-hybridized carbons (Fsp3) is 0.429. The lowest BCUT2D eigenvalue weighted by Gasteiger charge is -2.42. The molecule has 1 spiro atoms. The highest BCUT2D eigenvalue weighted by molar-refractivity contribution is 5.69. The molecule has 5 rings (SSSR count). The van der Waals surface area contributed by atoms with Crippen molar-refractivity contribution < 1.29 is 14.2 Å². The summed E-state index contributed by atoms with van der Waals surface area (Å²) in [7, 11) is 5.13. The zero-order valence-corrected chi connectivity index (χ0v) is 15.4. The molecule has 5 nitrogen and oxygen atoms in total. The first-order valence-electron chi connectivity index (χ1n) is 9.14. The molecule has 0 aromatic heterocycles. The molecule has 2 heterocycles. The lowest BCUT2D eigenvalue weighted by Crippen LogP contribution is -2.48. The number of hydrogen-bond acceptors (Lipinski definition) is 5. The molecular weight excluding hydrogens is 328 g/mol. The van der Waals surface area contributed by atoms with Gasteiger partial charge in [0.1, 0.15) is 5.75 Å². The molecule has 2 aromatic rings. The van der Waals surface area contributed by atoms with Crippen molar-refractivity contribution in [3.05, 3.63) is 47.0 Å². The number of benzene rings is 2. The smallest absolute Gasteiger partial charge is 0.161 e. The van der Waals surface area contributed by atoms with Crippen LogP contribution in [0.4, 0.5) is 5.69 Å². The Morgan fingerprint density at radius 2 is 1.81 bits per heavy atom. The van der Waals surface area contributed by atoms with Gasteiger partial charge in [-0.3, -0.25) is 0 Å². The Morgan fingerprint density at radius 1 is 1.00 bits per heavy atom. The fourth-order valence-corrected chi connectivity index (χ4v) is 5.29. The van der Waals surface area contributed by atoms with Crippen LogP contribution in [0.15, 0.2) is 30.3 Å². The summed E-state index contributed by atoms with van der Waals surface area (Å²) < 4.78 is 16.6. The first-order valence-corrected chi connectivity index (χ1v) is 9.14. The number of methoxy groups -OCH3 is 3. The van der Waals surface area contributed by atoms with Gasteiger partial charge in [-0.25, -0.2) is 0 Å². The molecule has 0 radical (unpaired) electrons. The number of ether oxygens (including phenoxy) is 3. The van der Waals surface area contributed by atoms with E-state index in [-0.39, 0.29) is 11.5 Å². The number of nitrogens with one attached hydrogen (secondary N) is 2. The second-order valence-electron chi connectivity index (χ2n) is 7.40. The van der Waals surface area contributed by atoms with Crippen LogP contribution in [-0.4, -0.2) is 33.9 Å². The van der Waals surface area contributed by atoms with Gasteiger partial charge < -0.3 is 24.8 Å². The third-order valence-corrected chi connectivity index (χ3v) is 6.47. The summed E-state index contributed by atoms with van der Waals surface area (Å²) in [5.74, 6) is 2.51. The molecule has 2 N–H and O–H groups in total. The van der Waals surface area contributed by atoms with E-state index >= 15 is 0 Å². The predicted molar refractivity (Wildman–Crippen MR) is 101 cm³/mol. The van der Waals surface area contributed by atoms with Gasteiger partial charge in [-0.2, -0.15) is 0 Å². The normalized spacial score (nSPS) is 27.7. The van der Waals surface area contributed by atoms with Crippen LogP contribution in [0.5, 0.6) is 17.2 Å². The van der Waals surface area contributed by atoms with E-state index in [0.29, 0.717) is 6.04 Å². The molecule has 0 amide bonds. The van der Waals surface area contributed by atoms with E-state index in [2.05, 4.69) is 34.9 Å². The maximum atomic E-state index is 5.59. The van der Waals surface area contributed by atoms with Crippen LogP contribution in [0.2, 0.25) is 0 Å². The average molecular weight is 352 g/mol. The van der Waals surface area contributed by atoms with Crippen molar-refractivity contribution in [2.24, 2.45) is 0 Å². The maximum Gasteiger partial charge on any atom is 0.161 e. The zero-order chi connectivity index (χ0) is 17.9. The van der Waals surface area contributed by atoms with Gasteiger partial charge in [-0.05, 0) is 66.4 Å². The van der Waals surface area contributed by atoms with Crippen molar-refractivity contribution in [1.29, 1.82) is 0 Å². The van der Waals surface area contributed by atoms with Crippen molar-refractivity contribution in [2.45, 2.75) is 30.3 Å². The van der Waals surface area contributed by atoms with Crippen LogP contribution in [0, 0.1) is 0 Å². The van der Waals surface area contributed by atoms with Crippen molar-refractivity contribution in [3.63, 3.8) is 0 Å². The van der Waals surface area contributed by atoms with Gasteiger partial charge in [0, 0.05) is 17.1 Å². The third-order valence-electron chi connectivity index (χ3n) is 6.47. The first kappa shape index (κ1) is 15.8. The minimum Gasteiger partial charge on any atom is -0.497 e. The minimum atomic E-state index is 0.0521. The molecule has 0 bridgehead atoms. The SMILES string of the molecule is COc1ccc2c(c1)C13CCNC1Cc1cc(OC)c(OC)cc1C3N2. The lowest BCUT2D eigenvalue weighted by molar-refractivity contribution is 0.308. The molecule has 3 unspecified atom stereocenters. The monoisotopic (exact) mass is 352 g/mol. The van der Waals surface area contributed by atoms with E-state index in [4.69, 9.17) is 14.2 Å². The molecular formula is C21H24N2O3. The van der Waals surface area contributed by atoms with Gasteiger partial charge >= 0.3 is 0 Å². The molecule has 1 saturated heterocycles. The predicted octanol–water partition coefficient (Wildman–Crippen LogP) is 3.04. The highest BCUT2D eigenvalue weighted by atomic mass is 16.5. The molecule has 3 atom stereocenters. The second kappa shape index (κ2) is 5.55. The molecule has 5 heteroatoms. The maximum absolute atomic E-state index is 5.59. The van der Waals surface area contributed by atoms with E-state index in [0.717, 1.165) is 36.6 Å². The number of rotatable bonds is 3. The summed E-state index contributed by atoms with van der Waals surface area (Å²) >= 11 is 0. The summed E-state index contributed by atoms with van der Waals surface area (Å²) in [6, 6.07) is 11.3. The third kappa shape index (κ3) is 1.89. The average Bonchev–Trinajstić information content (AvgIpc) is 3.25. The van der Waals surface area contributed by atoms with Crippen LogP contribution in [-0.2, 0) is 11.8 Å². The Labute approximate surface area is 153 Å². The van der Waals surface area contributed by atoms with E-state index < -0.39 is 0 Å². The standard InChI is InChI=1S/C21H24N2O3/c1-24-13-4-5-16-15(10-13)21-6-7-22-19(21)9-12-8-17(25-2)18(26-3)11-14(12)20(21)23-16/h4-5,8,10-11,19-20,22-23H,6-7,9H2,1-3H3. The molecule has 1 aliphatic carbocycles. The van der Waals surface area contributed by atoms with Crippen molar-refractivity contribution >= 4 is 5.69 Å². The van der Waals surface area contributed by atoms with Crippen LogP contribution in [0.3, 0.4) is 0 Å². The van der Waals surface area contributed by atoms with Gasteiger partial charge in [0.05, 0.1) is 27.4 Å². The molecule has 26 heavy (non-hydrogen) atoms. The summed E-state index contributed by atoms with van der Waals surface area (Å²) in [4.78, 5) is 0. The van der Waals surface area contributed by atoms with E-state index in [9.17, 15) is 0 Å². The van der Waals surface area contributed by atoms with Crippen LogP contribution >= 0.6 is 0 Å².